The van der Waals surface area contributed by atoms with Crippen LogP contribution in [0.4, 0.5) is 17.1 Å². The minimum Gasteiger partial charge on any atom is -0.310 e. The van der Waals surface area contributed by atoms with Crippen LogP contribution in [0.15, 0.2) is 255 Å². The van der Waals surface area contributed by atoms with Gasteiger partial charge in [-0.05, 0) is 158 Å². The molecule has 11 aromatic rings. The second-order valence-corrected chi connectivity index (χ2v) is 19.3. The zero-order valence-electron chi connectivity index (χ0n) is 39.7. The first-order valence-corrected chi connectivity index (χ1v) is 25.1. The largest absolute Gasteiger partial charge is 0.310 e. The van der Waals surface area contributed by atoms with Crippen molar-refractivity contribution in [2.24, 2.45) is 0 Å². The van der Waals surface area contributed by atoms with E-state index in [9.17, 15) is 0 Å². The van der Waals surface area contributed by atoms with Crippen LogP contribution in [0.25, 0.3) is 80.7 Å². The molecule has 0 amide bonds. The molecule has 0 bridgehead atoms. The molecule has 0 radical (unpaired) electrons. The molecule has 1 spiro atoms. The monoisotopic (exact) mass is 913 g/mol. The Kier molecular flexibility index (Phi) is 10.8. The van der Waals surface area contributed by atoms with Crippen molar-refractivity contribution in [1.82, 2.24) is 0 Å². The van der Waals surface area contributed by atoms with Gasteiger partial charge >= 0.3 is 0 Å². The SMILES string of the molecule is C/C=C\C.C=CC1=C(/C=C\C)C2(c3ccccc31)c1ccccc1-c1ccc(N(c3ccc(-c4ccc5c(ccc6ccccc65)c4)cc3)c3ccc(-c4cccc5c4sc4ccccc45)cc3)cc12. The van der Waals surface area contributed by atoms with Gasteiger partial charge in [-0.1, -0.05) is 201 Å². The van der Waals surface area contributed by atoms with E-state index in [-0.39, 0.29) is 0 Å². The van der Waals surface area contributed by atoms with Gasteiger partial charge in [-0.2, -0.15) is 0 Å². The lowest BCUT2D eigenvalue weighted by Crippen LogP contribution is -2.27. The predicted octanol–water partition coefficient (Wildman–Crippen LogP) is 19.6. The number of fused-ring (bicyclic) bond motifs is 13. The molecule has 2 aliphatic rings. The van der Waals surface area contributed by atoms with Gasteiger partial charge in [-0.15, -0.1) is 11.3 Å². The molecule has 0 N–H and O–H groups in total. The average Bonchev–Trinajstić information content (AvgIpc) is 4.05. The summed E-state index contributed by atoms with van der Waals surface area (Å²) in [5, 5.41) is 7.70. The molecule has 1 atom stereocenters. The third-order valence-corrected chi connectivity index (χ3v) is 15.7. The van der Waals surface area contributed by atoms with E-state index in [4.69, 9.17) is 0 Å². The van der Waals surface area contributed by atoms with Gasteiger partial charge in [-0.25, -0.2) is 0 Å². The Morgan fingerprint density at radius 3 is 1.73 bits per heavy atom. The van der Waals surface area contributed by atoms with E-state index >= 15 is 0 Å². The van der Waals surface area contributed by atoms with E-state index in [2.05, 4.69) is 249 Å². The maximum atomic E-state index is 4.38. The van der Waals surface area contributed by atoms with Crippen LogP contribution in [0.2, 0.25) is 0 Å². The van der Waals surface area contributed by atoms with Crippen molar-refractivity contribution < 1.29 is 0 Å². The van der Waals surface area contributed by atoms with Crippen LogP contribution in [-0.2, 0) is 5.41 Å². The molecule has 13 rings (SSSR count). The summed E-state index contributed by atoms with van der Waals surface area (Å²) in [6.07, 6.45) is 10.6. The number of rotatable bonds is 7. The summed E-state index contributed by atoms with van der Waals surface area (Å²) in [6.45, 7) is 10.5. The zero-order valence-corrected chi connectivity index (χ0v) is 40.5. The molecule has 0 saturated carbocycles. The first-order valence-electron chi connectivity index (χ1n) is 24.3. The van der Waals surface area contributed by atoms with Gasteiger partial charge in [-0.3, -0.25) is 0 Å². The first kappa shape index (κ1) is 43.0. The molecule has 1 heterocycles. The molecule has 1 aromatic heterocycles. The molecule has 10 aromatic carbocycles. The molecule has 0 fully saturated rings. The van der Waals surface area contributed by atoms with Gasteiger partial charge in [0.1, 0.15) is 0 Å². The Morgan fingerprint density at radius 1 is 0.414 bits per heavy atom. The first-order chi connectivity index (χ1) is 34.5. The highest BCUT2D eigenvalue weighted by Gasteiger charge is 2.52. The normalized spacial score (nSPS) is 14.7. The van der Waals surface area contributed by atoms with Gasteiger partial charge < -0.3 is 4.90 Å². The number of thiophene rings is 1. The third kappa shape index (κ3) is 6.74. The molecular weight excluding hydrogens is 863 g/mol. The van der Waals surface area contributed by atoms with Crippen molar-refractivity contribution in [3.8, 4) is 33.4 Å². The van der Waals surface area contributed by atoms with Gasteiger partial charge in [0.15, 0.2) is 0 Å². The second-order valence-electron chi connectivity index (χ2n) is 18.2. The molecule has 0 aliphatic heterocycles. The summed E-state index contributed by atoms with van der Waals surface area (Å²) in [5.74, 6) is 0. The molecule has 334 valence electrons. The van der Waals surface area contributed by atoms with E-state index in [0.717, 1.165) is 17.1 Å². The summed E-state index contributed by atoms with van der Waals surface area (Å²) in [4.78, 5) is 2.44. The Balaban J connectivity index is 0.00000122. The summed E-state index contributed by atoms with van der Waals surface area (Å²) in [5.41, 5.74) is 17.8. The van der Waals surface area contributed by atoms with Crippen LogP contribution in [0.5, 0.6) is 0 Å². The van der Waals surface area contributed by atoms with Gasteiger partial charge in [0.05, 0.1) is 5.41 Å². The van der Waals surface area contributed by atoms with E-state index in [1.54, 1.807) is 0 Å². The molecular formula is C68H51NS. The highest BCUT2D eigenvalue weighted by Crippen LogP contribution is 2.63. The number of nitrogens with zero attached hydrogens (tertiary/aromatic N) is 1. The van der Waals surface area contributed by atoms with E-state index in [1.165, 1.54) is 108 Å². The van der Waals surface area contributed by atoms with Crippen molar-refractivity contribution in [3.05, 3.63) is 277 Å². The number of benzene rings is 10. The van der Waals surface area contributed by atoms with E-state index < -0.39 is 5.41 Å². The number of hydrogen-bond acceptors (Lipinski definition) is 2. The lowest BCUT2D eigenvalue weighted by atomic mass is 9.69. The summed E-state index contributed by atoms with van der Waals surface area (Å²) in [6, 6.07) is 78.9. The number of hydrogen-bond donors (Lipinski definition) is 0. The van der Waals surface area contributed by atoms with Crippen LogP contribution < -0.4 is 4.90 Å². The Bertz CT molecular complexity index is 3930. The summed E-state index contributed by atoms with van der Waals surface area (Å²) >= 11 is 1.88. The molecule has 2 heteroatoms. The van der Waals surface area contributed by atoms with Crippen LogP contribution >= 0.6 is 11.3 Å². The zero-order chi connectivity index (χ0) is 47.3. The fraction of sp³-hybridized carbons (Fsp3) is 0.0588. The predicted molar refractivity (Wildman–Crippen MR) is 304 cm³/mol. The lowest BCUT2D eigenvalue weighted by Gasteiger charge is -2.33. The topological polar surface area (TPSA) is 3.24 Å². The highest BCUT2D eigenvalue weighted by atomic mass is 32.1. The van der Waals surface area contributed by atoms with Crippen LogP contribution in [-0.4, -0.2) is 0 Å². The van der Waals surface area contributed by atoms with Crippen molar-refractivity contribution in [3.63, 3.8) is 0 Å². The molecule has 70 heavy (non-hydrogen) atoms. The van der Waals surface area contributed by atoms with Crippen LogP contribution in [0.3, 0.4) is 0 Å². The molecule has 1 nitrogen and oxygen atoms in total. The van der Waals surface area contributed by atoms with Gasteiger partial charge in [0, 0.05) is 37.2 Å². The fourth-order valence-corrected chi connectivity index (χ4v) is 12.6. The quantitative estimate of drug-likeness (QED) is 0.114. The lowest BCUT2D eigenvalue weighted by molar-refractivity contribution is 0.786. The van der Waals surface area contributed by atoms with Crippen molar-refractivity contribution in [2.45, 2.75) is 26.2 Å². The highest BCUT2D eigenvalue weighted by molar-refractivity contribution is 7.26. The Hall–Kier alpha value is -8.30. The van der Waals surface area contributed by atoms with Crippen LogP contribution in [0, 0.1) is 0 Å². The van der Waals surface area contributed by atoms with E-state index in [1.807, 2.05) is 37.3 Å². The van der Waals surface area contributed by atoms with Crippen molar-refractivity contribution in [2.75, 3.05) is 4.90 Å². The number of allylic oxidation sites excluding steroid dienone is 7. The second kappa shape index (κ2) is 17.7. The third-order valence-electron chi connectivity index (χ3n) is 14.5. The van der Waals surface area contributed by atoms with Crippen molar-refractivity contribution in [1.29, 1.82) is 0 Å². The average molecular weight is 914 g/mol. The smallest absolute Gasteiger partial charge is 0.0726 e. The minimum atomic E-state index is -0.502. The number of anilines is 3. The molecule has 2 aliphatic carbocycles. The van der Waals surface area contributed by atoms with E-state index in [0.29, 0.717) is 0 Å². The molecule has 0 saturated heterocycles. The maximum Gasteiger partial charge on any atom is 0.0726 e. The van der Waals surface area contributed by atoms with Gasteiger partial charge in [0.2, 0.25) is 0 Å². The Labute approximate surface area is 415 Å². The van der Waals surface area contributed by atoms with Crippen molar-refractivity contribution >= 4 is 75.7 Å². The fourth-order valence-electron chi connectivity index (χ4n) is 11.3. The summed E-state index contributed by atoms with van der Waals surface area (Å²) < 4.78 is 2.64. The standard InChI is InChI=1S/C64H43NS.C4H8/c1-3-14-58-49(4-2)53-17-7-10-22-59(53)64(58)60-23-11-8-18-54(60)55-38-36-48(40-61(55)64)65(47-34-29-43(30-35-47)52-20-13-21-57-56-19-9-12-24-62(56)66-63(52)57)46-32-27-41(28-33-46)44-31-37-51-45(39-44)26-25-42-15-5-6-16-50(42)51;1-3-4-2/h3-40H,2H2,1H3;3-4H,1-2H3/b14-3-;4-3-. The maximum absolute atomic E-state index is 4.38. The van der Waals surface area contributed by atoms with Gasteiger partial charge in [0.25, 0.3) is 0 Å². The minimum absolute atomic E-state index is 0.502. The van der Waals surface area contributed by atoms with Crippen LogP contribution in [0.1, 0.15) is 43.0 Å². The summed E-state index contributed by atoms with van der Waals surface area (Å²) in [7, 11) is 0. The Morgan fingerprint density at radius 2 is 0.986 bits per heavy atom. The molecule has 1 unspecified atom stereocenters.